The van der Waals surface area contributed by atoms with Gasteiger partial charge in [-0.15, -0.1) is 0 Å². The van der Waals surface area contributed by atoms with E-state index < -0.39 is 11.9 Å². The third-order valence-electron chi connectivity index (χ3n) is 2.84. The van der Waals surface area contributed by atoms with E-state index in [9.17, 15) is 13.2 Å². The van der Waals surface area contributed by atoms with Crippen LogP contribution in [-0.2, 0) is 6.18 Å². The molecule has 0 unspecified atom stereocenters. The molecule has 0 amide bonds. The average molecular weight is 270 g/mol. The Bertz CT molecular complexity index is 579. The van der Waals surface area contributed by atoms with Crippen molar-refractivity contribution >= 4 is 0 Å². The molecule has 0 fully saturated rings. The van der Waals surface area contributed by atoms with E-state index in [1.165, 1.54) is 0 Å². The van der Waals surface area contributed by atoms with Crippen molar-refractivity contribution in [1.29, 1.82) is 0 Å². The molecule has 1 aromatic carbocycles. The van der Waals surface area contributed by atoms with Crippen LogP contribution in [-0.4, -0.2) is 17.3 Å². The molecule has 2 rings (SSSR count). The number of ether oxygens (including phenoxy) is 1. The van der Waals surface area contributed by atoms with Crippen molar-refractivity contribution < 1.29 is 17.9 Å². The minimum atomic E-state index is -4.41. The third-order valence-corrected chi connectivity index (χ3v) is 2.84. The Hall–Kier alpha value is -1.98. The van der Waals surface area contributed by atoms with Gasteiger partial charge in [0.2, 0.25) is 0 Å². The maximum absolute atomic E-state index is 12.5. The number of hydrogen-bond donors (Lipinski definition) is 1. The van der Waals surface area contributed by atoms with Gasteiger partial charge in [-0.05, 0) is 43.2 Å². The minimum Gasteiger partial charge on any atom is -0.496 e. The van der Waals surface area contributed by atoms with Crippen molar-refractivity contribution in [2.45, 2.75) is 20.0 Å². The van der Waals surface area contributed by atoms with Crippen molar-refractivity contribution in [2.75, 3.05) is 7.11 Å². The fourth-order valence-corrected chi connectivity index (χ4v) is 2.03. The number of hydrogen-bond acceptors (Lipinski definition) is 2. The summed E-state index contributed by atoms with van der Waals surface area (Å²) < 4.78 is 42.7. The normalized spacial score (nSPS) is 11.7. The first kappa shape index (κ1) is 13.5. The molecule has 0 saturated carbocycles. The van der Waals surface area contributed by atoms with Crippen molar-refractivity contribution in [3.8, 4) is 17.0 Å². The van der Waals surface area contributed by atoms with Crippen LogP contribution in [0.25, 0.3) is 11.3 Å². The highest BCUT2D eigenvalue weighted by Crippen LogP contribution is 2.33. The average Bonchev–Trinajstić information content (AvgIpc) is 2.77. The zero-order valence-corrected chi connectivity index (χ0v) is 10.7. The van der Waals surface area contributed by atoms with E-state index in [4.69, 9.17) is 4.74 Å². The summed E-state index contributed by atoms with van der Waals surface area (Å²) in [5.41, 5.74) is 1.75. The quantitative estimate of drug-likeness (QED) is 0.903. The van der Waals surface area contributed by atoms with E-state index in [-0.39, 0.29) is 5.69 Å². The lowest BCUT2D eigenvalue weighted by molar-refractivity contribution is -0.141. The van der Waals surface area contributed by atoms with E-state index in [1.807, 2.05) is 18.9 Å². The van der Waals surface area contributed by atoms with Gasteiger partial charge in [0.05, 0.1) is 12.8 Å². The van der Waals surface area contributed by atoms with E-state index >= 15 is 0 Å². The molecule has 19 heavy (non-hydrogen) atoms. The maximum atomic E-state index is 12.5. The van der Waals surface area contributed by atoms with E-state index in [0.29, 0.717) is 5.56 Å². The van der Waals surface area contributed by atoms with E-state index in [1.54, 1.807) is 19.2 Å². The van der Waals surface area contributed by atoms with Crippen LogP contribution in [0, 0.1) is 13.8 Å². The van der Waals surface area contributed by atoms with E-state index in [0.717, 1.165) is 22.9 Å². The standard InChI is InChI=1S/C13H13F3N2O/c1-7-4-9(5-8(2)12(7)19-3)10-6-11(18-17-10)13(14,15)16/h4-6H,1-3H3,(H,17,18). The van der Waals surface area contributed by atoms with Crippen molar-refractivity contribution in [2.24, 2.45) is 0 Å². The summed E-state index contributed by atoms with van der Waals surface area (Å²) in [6.07, 6.45) is -4.41. The number of nitrogens with zero attached hydrogens (tertiary/aromatic N) is 1. The third kappa shape index (κ3) is 2.57. The van der Waals surface area contributed by atoms with Gasteiger partial charge >= 0.3 is 6.18 Å². The summed E-state index contributed by atoms with van der Waals surface area (Å²) in [5.74, 6) is 0.732. The number of nitrogens with one attached hydrogen (secondary N) is 1. The number of aryl methyl sites for hydroxylation is 2. The molecular formula is C13H13F3N2O. The van der Waals surface area contributed by atoms with Crippen LogP contribution in [0.3, 0.4) is 0 Å². The van der Waals surface area contributed by atoms with Gasteiger partial charge in [-0.2, -0.15) is 18.3 Å². The maximum Gasteiger partial charge on any atom is 0.432 e. The molecular weight excluding hydrogens is 257 g/mol. The molecule has 2 aromatic rings. The molecule has 0 aliphatic rings. The number of aromatic nitrogens is 2. The first-order valence-corrected chi connectivity index (χ1v) is 5.61. The first-order valence-electron chi connectivity index (χ1n) is 5.61. The summed E-state index contributed by atoms with van der Waals surface area (Å²) in [5, 5.41) is 5.71. The molecule has 0 bridgehead atoms. The van der Waals surface area contributed by atoms with Crippen LogP contribution in [0.2, 0.25) is 0 Å². The van der Waals surface area contributed by atoms with Crippen LogP contribution in [0.5, 0.6) is 5.75 Å². The summed E-state index contributed by atoms with van der Waals surface area (Å²) in [6, 6.07) is 4.50. The Balaban J connectivity index is 2.46. The van der Waals surface area contributed by atoms with Crippen molar-refractivity contribution in [3.63, 3.8) is 0 Å². The zero-order valence-electron chi connectivity index (χ0n) is 10.7. The Morgan fingerprint density at radius 1 is 1.11 bits per heavy atom. The van der Waals surface area contributed by atoms with Gasteiger partial charge in [0.25, 0.3) is 0 Å². The SMILES string of the molecule is COc1c(C)cc(-c2cc(C(F)(F)F)[nH]n2)cc1C. The topological polar surface area (TPSA) is 37.9 Å². The number of alkyl halides is 3. The van der Waals surface area contributed by atoms with Gasteiger partial charge in [0.1, 0.15) is 11.4 Å². The summed E-state index contributed by atoms with van der Waals surface area (Å²) in [4.78, 5) is 0. The molecule has 1 aromatic heterocycles. The monoisotopic (exact) mass is 270 g/mol. The second kappa shape index (κ2) is 4.60. The molecule has 3 nitrogen and oxygen atoms in total. The fraction of sp³-hybridized carbons (Fsp3) is 0.308. The summed E-state index contributed by atoms with van der Waals surface area (Å²) >= 11 is 0. The Morgan fingerprint density at radius 3 is 2.11 bits per heavy atom. The van der Waals surface area contributed by atoms with Gasteiger partial charge in [-0.3, -0.25) is 5.10 Å². The largest absolute Gasteiger partial charge is 0.496 e. The molecule has 0 radical (unpaired) electrons. The number of methoxy groups -OCH3 is 1. The highest BCUT2D eigenvalue weighted by molar-refractivity contribution is 5.64. The Labute approximate surface area is 108 Å². The Morgan fingerprint density at radius 2 is 1.68 bits per heavy atom. The highest BCUT2D eigenvalue weighted by atomic mass is 19.4. The number of halogens is 3. The van der Waals surface area contributed by atoms with Crippen molar-refractivity contribution in [1.82, 2.24) is 10.2 Å². The predicted molar refractivity (Wildman–Crippen MR) is 65.1 cm³/mol. The molecule has 0 atom stereocenters. The second-order valence-electron chi connectivity index (χ2n) is 4.31. The summed E-state index contributed by atoms with van der Waals surface area (Å²) in [6.45, 7) is 3.68. The number of aromatic amines is 1. The summed E-state index contributed by atoms with van der Waals surface area (Å²) in [7, 11) is 1.56. The molecule has 6 heteroatoms. The Kier molecular flexibility index (Phi) is 3.26. The van der Waals surface area contributed by atoms with Crippen LogP contribution in [0.1, 0.15) is 16.8 Å². The highest BCUT2D eigenvalue weighted by Gasteiger charge is 2.33. The number of H-pyrrole nitrogens is 1. The molecule has 1 N–H and O–H groups in total. The number of rotatable bonds is 2. The van der Waals surface area contributed by atoms with Crippen molar-refractivity contribution in [3.05, 3.63) is 35.0 Å². The van der Waals surface area contributed by atoms with Gasteiger partial charge in [0, 0.05) is 5.56 Å². The van der Waals surface area contributed by atoms with E-state index in [2.05, 4.69) is 5.10 Å². The van der Waals surface area contributed by atoms with Crippen LogP contribution in [0.15, 0.2) is 18.2 Å². The van der Waals surface area contributed by atoms with Crippen LogP contribution >= 0.6 is 0 Å². The van der Waals surface area contributed by atoms with Crippen LogP contribution in [0.4, 0.5) is 13.2 Å². The number of benzene rings is 1. The van der Waals surface area contributed by atoms with Gasteiger partial charge in [-0.25, -0.2) is 0 Å². The van der Waals surface area contributed by atoms with Gasteiger partial charge < -0.3 is 4.74 Å². The molecule has 102 valence electrons. The lowest BCUT2D eigenvalue weighted by atomic mass is 10.0. The molecule has 0 aliphatic heterocycles. The second-order valence-corrected chi connectivity index (χ2v) is 4.31. The molecule has 0 saturated heterocycles. The lowest BCUT2D eigenvalue weighted by Crippen LogP contribution is -2.04. The van der Waals surface area contributed by atoms with Gasteiger partial charge in [0.15, 0.2) is 0 Å². The molecule has 0 spiro atoms. The molecule has 0 aliphatic carbocycles. The fourth-order valence-electron chi connectivity index (χ4n) is 2.03. The first-order chi connectivity index (χ1) is 8.82. The predicted octanol–water partition coefficient (Wildman–Crippen LogP) is 3.72. The molecule has 1 heterocycles. The van der Waals surface area contributed by atoms with Gasteiger partial charge in [-0.1, -0.05) is 0 Å². The zero-order chi connectivity index (χ0) is 14.2. The smallest absolute Gasteiger partial charge is 0.432 e. The minimum absolute atomic E-state index is 0.265. The lowest BCUT2D eigenvalue weighted by Gasteiger charge is -2.10. The van der Waals surface area contributed by atoms with Crippen LogP contribution < -0.4 is 4.74 Å².